The molecule has 0 unspecified atom stereocenters. The van der Waals surface area contributed by atoms with Crippen LogP contribution < -0.4 is 15.5 Å². The number of hydrogen-bond acceptors (Lipinski definition) is 7. The van der Waals surface area contributed by atoms with Crippen molar-refractivity contribution < 1.29 is 13.9 Å². The van der Waals surface area contributed by atoms with Gasteiger partial charge < -0.3 is 19.9 Å². The number of aromatic nitrogens is 3. The van der Waals surface area contributed by atoms with E-state index in [1.807, 2.05) is 53.2 Å². The third kappa shape index (κ3) is 4.29. The van der Waals surface area contributed by atoms with Gasteiger partial charge in [-0.1, -0.05) is 59.8 Å². The molecule has 0 fully saturated rings. The van der Waals surface area contributed by atoms with E-state index in [-0.39, 0.29) is 5.91 Å². The topological polar surface area (TPSA) is 94.2 Å². The Kier molecular flexibility index (Phi) is 5.97. The number of nitrogens with zero attached hydrogens (tertiary/aromatic N) is 3. The Labute approximate surface area is 199 Å². The van der Waals surface area contributed by atoms with E-state index in [1.165, 1.54) is 11.8 Å². The Balaban J connectivity index is 1.49. The molecular formula is C23H20ClN5O3S. The molecule has 8 nitrogen and oxygen atoms in total. The van der Waals surface area contributed by atoms with Gasteiger partial charge in [-0.2, -0.15) is 0 Å². The third-order valence-corrected chi connectivity index (χ3v) is 6.79. The molecule has 2 N–H and O–H groups in total. The zero-order valence-electron chi connectivity index (χ0n) is 17.6. The lowest BCUT2D eigenvalue weighted by molar-refractivity contribution is -0.121. The fraction of sp³-hybridized carbons (Fsp3) is 0.174. The van der Waals surface area contributed by atoms with Gasteiger partial charge in [-0.3, -0.25) is 4.79 Å². The van der Waals surface area contributed by atoms with Crippen LogP contribution in [0.3, 0.4) is 0 Å². The number of nitrogens with one attached hydrogen (secondary N) is 2. The summed E-state index contributed by atoms with van der Waals surface area (Å²) in [5, 5.41) is 12.2. The zero-order valence-corrected chi connectivity index (χ0v) is 19.1. The average molecular weight is 482 g/mol. The molecule has 5 rings (SSSR count). The summed E-state index contributed by atoms with van der Waals surface area (Å²) >= 11 is 7.75. The maximum Gasteiger partial charge on any atom is 0.236 e. The zero-order chi connectivity index (χ0) is 22.8. The largest absolute Gasteiger partial charge is 0.495 e. The molecule has 10 heteroatoms. The maximum absolute atomic E-state index is 13.2. The first-order valence-electron chi connectivity index (χ1n) is 10.2. The van der Waals surface area contributed by atoms with Gasteiger partial charge in [0.15, 0.2) is 5.82 Å². The van der Waals surface area contributed by atoms with Crippen LogP contribution >= 0.6 is 23.4 Å². The van der Waals surface area contributed by atoms with Crippen LogP contribution in [-0.4, -0.2) is 33.1 Å². The second-order valence-corrected chi connectivity index (χ2v) is 8.86. The van der Waals surface area contributed by atoms with Gasteiger partial charge in [0.1, 0.15) is 16.8 Å². The van der Waals surface area contributed by atoms with Crippen molar-refractivity contribution >= 4 is 29.3 Å². The number of hydrogen-bond donors (Lipinski definition) is 2. The highest BCUT2D eigenvalue weighted by molar-refractivity contribution is 8.00. The summed E-state index contributed by atoms with van der Waals surface area (Å²) in [6.45, 7) is 0.293. The Bertz CT molecular complexity index is 1260. The minimum atomic E-state index is -0.523. The number of benzene rings is 2. The third-order valence-electron chi connectivity index (χ3n) is 5.28. The Morgan fingerprint density at radius 3 is 2.79 bits per heavy atom. The number of rotatable bonds is 6. The molecule has 2 aromatic heterocycles. The van der Waals surface area contributed by atoms with Crippen molar-refractivity contribution in [3.8, 4) is 17.1 Å². The van der Waals surface area contributed by atoms with Gasteiger partial charge in [-0.25, -0.2) is 4.68 Å². The van der Waals surface area contributed by atoms with Crippen LogP contribution in [0.4, 0.5) is 0 Å². The maximum atomic E-state index is 13.2. The molecule has 0 radical (unpaired) electrons. The van der Waals surface area contributed by atoms with Gasteiger partial charge in [0, 0.05) is 5.56 Å². The van der Waals surface area contributed by atoms with E-state index in [4.69, 9.17) is 20.8 Å². The highest BCUT2D eigenvalue weighted by atomic mass is 35.5. The minimum absolute atomic E-state index is 0.156. The van der Waals surface area contributed by atoms with E-state index in [0.717, 1.165) is 11.1 Å². The number of carbonyl (C=O) groups is 1. The van der Waals surface area contributed by atoms with E-state index in [2.05, 4.69) is 20.9 Å². The van der Waals surface area contributed by atoms with Crippen molar-refractivity contribution in [2.24, 2.45) is 0 Å². The molecule has 1 aliphatic heterocycles. The first-order valence-corrected chi connectivity index (χ1v) is 11.5. The molecule has 0 saturated heterocycles. The van der Waals surface area contributed by atoms with Gasteiger partial charge in [-0.05, 0) is 29.8 Å². The fourth-order valence-electron chi connectivity index (χ4n) is 3.64. The Morgan fingerprint density at radius 1 is 1.21 bits per heavy atom. The molecule has 0 aliphatic carbocycles. The summed E-state index contributed by atoms with van der Waals surface area (Å²) in [6.07, 6.45) is 1.58. The lowest BCUT2D eigenvalue weighted by Crippen LogP contribution is -2.43. The fourth-order valence-corrected chi connectivity index (χ4v) is 5.01. The van der Waals surface area contributed by atoms with E-state index in [0.29, 0.717) is 34.1 Å². The molecular weight excluding hydrogens is 462 g/mol. The van der Waals surface area contributed by atoms with Crippen LogP contribution in [0.5, 0.6) is 5.75 Å². The summed E-state index contributed by atoms with van der Waals surface area (Å²) < 4.78 is 12.4. The number of fused-ring (bicyclic) bond motifs is 1. The van der Waals surface area contributed by atoms with Gasteiger partial charge in [0.05, 0.1) is 31.0 Å². The first kappa shape index (κ1) is 21.4. The molecule has 1 amide bonds. The first-order chi connectivity index (χ1) is 16.1. The molecule has 168 valence electrons. The van der Waals surface area contributed by atoms with Crippen molar-refractivity contribution in [3.05, 3.63) is 83.3 Å². The Morgan fingerprint density at radius 2 is 2.06 bits per heavy atom. The summed E-state index contributed by atoms with van der Waals surface area (Å²) in [5.41, 5.74) is 5.19. The summed E-state index contributed by atoms with van der Waals surface area (Å²) in [7, 11) is 1.57. The SMILES string of the molecule is COc1ccc([C@H]2Nn3c(nnc3-c3ccccc3)S[C@@H]2C(=O)NCc2ccco2)cc1Cl. The van der Waals surface area contributed by atoms with Gasteiger partial charge >= 0.3 is 0 Å². The number of halogens is 1. The number of amides is 1. The monoisotopic (exact) mass is 481 g/mol. The Hall–Kier alpha value is -3.43. The number of methoxy groups -OCH3 is 1. The second kappa shape index (κ2) is 9.21. The van der Waals surface area contributed by atoms with Crippen molar-refractivity contribution in [3.63, 3.8) is 0 Å². The smallest absolute Gasteiger partial charge is 0.236 e. The normalized spacial score (nSPS) is 17.2. The van der Waals surface area contributed by atoms with E-state index in [9.17, 15) is 4.79 Å². The molecule has 0 saturated carbocycles. The van der Waals surface area contributed by atoms with Crippen molar-refractivity contribution in [2.75, 3.05) is 12.5 Å². The quantitative estimate of drug-likeness (QED) is 0.424. The molecule has 3 heterocycles. The van der Waals surface area contributed by atoms with Gasteiger partial charge in [0.25, 0.3) is 0 Å². The van der Waals surface area contributed by atoms with Crippen molar-refractivity contribution in [2.45, 2.75) is 23.0 Å². The highest BCUT2D eigenvalue weighted by Crippen LogP contribution is 2.40. The van der Waals surface area contributed by atoms with Crippen LogP contribution in [0, 0.1) is 0 Å². The van der Waals surface area contributed by atoms with Crippen LogP contribution in [0.2, 0.25) is 5.02 Å². The summed E-state index contributed by atoms with van der Waals surface area (Å²) in [5.74, 6) is 1.75. The second-order valence-electron chi connectivity index (χ2n) is 7.34. The van der Waals surface area contributed by atoms with Crippen LogP contribution in [0.1, 0.15) is 17.4 Å². The molecule has 2 aromatic carbocycles. The molecule has 33 heavy (non-hydrogen) atoms. The molecule has 1 aliphatic rings. The molecule has 2 atom stereocenters. The average Bonchev–Trinajstić information content (AvgIpc) is 3.52. The number of carbonyl (C=O) groups excluding carboxylic acids is 1. The van der Waals surface area contributed by atoms with Crippen LogP contribution in [0.15, 0.2) is 76.5 Å². The van der Waals surface area contributed by atoms with Crippen LogP contribution in [0.25, 0.3) is 11.4 Å². The van der Waals surface area contributed by atoms with E-state index >= 15 is 0 Å². The van der Waals surface area contributed by atoms with Gasteiger partial charge in [0.2, 0.25) is 11.1 Å². The molecule has 0 spiro atoms. The van der Waals surface area contributed by atoms with Gasteiger partial charge in [-0.15, -0.1) is 10.2 Å². The summed E-state index contributed by atoms with van der Waals surface area (Å²) in [4.78, 5) is 13.2. The van der Waals surface area contributed by atoms with E-state index < -0.39 is 11.3 Å². The lowest BCUT2D eigenvalue weighted by atomic mass is 10.0. The van der Waals surface area contributed by atoms with Crippen molar-refractivity contribution in [1.82, 2.24) is 20.2 Å². The number of ether oxygens (including phenoxy) is 1. The summed E-state index contributed by atoms with van der Waals surface area (Å²) in [6, 6.07) is 18.5. The molecule has 4 aromatic rings. The highest BCUT2D eigenvalue weighted by Gasteiger charge is 2.38. The molecule has 0 bridgehead atoms. The lowest BCUT2D eigenvalue weighted by Gasteiger charge is -2.33. The predicted octanol–water partition coefficient (Wildman–Crippen LogP) is 4.28. The van der Waals surface area contributed by atoms with Crippen LogP contribution in [-0.2, 0) is 11.3 Å². The predicted molar refractivity (Wildman–Crippen MR) is 126 cm³/mol. The number of furan rings is 1. The van der Waals surface area contributed by atoms with E-state index in [1.54, 1.807) is 25.5 Å². The standard InChI is InChI=1S/C23H20ClN5O3S/c1-31-18-10-9-15(12-17(18)24)19-20(22(30)25-13-16-8-5-11-32-16)33-23-27-26-21(29(23)28-19)14-6-3-2-4-7-14/h2-12,19-20,28H,13H2,1H3,(H,25,30)/t19-,20+/m1/s1. The minimum Gasteiger partial charge on any atom is -0.495 e. The number of thioether (sulfide) groups is 1. The van der Waals surface area contributed by atoms with Crippen molar-refractivity contribution in [1.29, 1.82) is 0 Å².